The highest BCUT2D eigenvalue weighted by Gasteiger charge is 2.42. The van der Waals surface area contributed by atoms with Gasteiger partial charge in [-0.05, 0) is 53.8 Å². The van der Waals surface area contributed by atoms with Gasteiger partial charge in [0.1, 0.15) is 0 Å². The zero-order valence-electron chi connectivity index (χ0n) is 22.9. The summed E-state index contributed by atoms with van der Waals surface area (Å²) in [5.41, 5.74) is 4.56. The van der Waals surface area contributed by atoms with Crippen LogP contribution >= 0.6 is 23.2 Å². The second kappa shape index (κ2) is 12.2. The average molecular weight is 579 g/mol. The van der Waals surface area contributed by atoms with Gasteiger partial charge in [-0.2, -0.15) is 0 Å². The number of carbonyl (C=O) groups excluding carboxylic acids is 1. The molecule has 3 aromatic carbocycles. The van der Waals surface area contributed by atoms with Gasteiger partial charge in [0.2, 0.25) is 5.91 Å². The molecule has 0 aromatic heterocycles. The van der Waals surface area contributed by atoms with Gasteiger partial charge in [-0.3, -0.25) is 9.69 Å². The van der Waals surface area contributed by atoms with Crippen LogP contribution in [-0.4, -0.2) is 79.1 Å². The molecule has 7 heteroatoms. The molecule has 0 bridgehead atoms. The maximum Gasteiger partial charge on any atom is 0.222 e. The smallest absolute Gasteiger partial charge is 0.222 e. The third-order valence-corrected chi connectivity index (χ3v) is 9.78. The van der Waals surface area contributed by atoms with Crippen molar-refractivity contribution in [3.63, 3.8) is 0 Å². The molecule has 0 radical (unpaired) electrons. The number of morpholine rings is 1. The Balaban J connectivity index is 1.17. The average Bonchev–Trinajstić information content (AvgIpc) is 2.97. The summed E-state index contributed by atoms with van der Waals surface area (Å²) in [5, 5.41) is 1.15. The van der Waals surface area contributed by atoms with Crippen LogP contribution in [0.25, 0.3) is 11.1 Å². The van der Waals surface area contributed by atoms with E-state index < -0.39 is 0 Å². The minimum absolute atomic E-state index is 0.157. The molecule has 40 heavy (non-hydrogen) atoms. The first kappa shape index (κ1) is 27.7. The highest BCUT2D eigenvalue weighted by molar-refractivity contribution is 6.42. The molecule has 6 rings (SSSR count). The normalized spacial score (nSPS) is 22.9. The molecule has 0 saturated carbocycles. The summed E-state index contributed by atoms with van der Waals surface area (Å²) in [7, 11) is 0. The molecule has 1 unspecified atom stereocenters. The Morgan fingerprint density at radius 2 is 1.60 bits per heavy atom. The highest BCUT2D eigenvalue weighted by atomic mass is 35.5. The minimum atomic E-state index is -0.157. The van der Waals surface area contributed by atoms with Gasteiger partial charge in [-0.1, -0.05) is 83.9 Å². The van der Waals surface area contributed by atoms with Crippen LogP contribution in [0.15, 0.2) is 72.8 Å². The summed E-state index contributed by atoms with van der Waals surface area (Å²) in [6.07, 6.45) is 2.35. The van der Waals surface area contributed by atoms with E-state index in [1.165, 1.54) is 16.7 Å². The number of benzene rings is 3. The highest BCUT2D eigenvalue weighted by Crippen LogP contribution is 2.41. The fourth-order valence-electron chi connectivity index (χ4n) is 6.52. The Labute approximate surface area is 247 Å². The second-order valence-corrected chi connectivity index (χ2v) is 12.3. The van der Waals surface area contributed by atoms with Crippen molar-refractivity contribution in [1.82, 2.24) is 14.7 Å². The van der Waals surface area contributed by atoms with E-state index in [4.69, 9.17) is 27.9 Å². The number of likely N-dealkylation sites (tertiary alicyclic amines) is 2. The molecular formula is C33H37Cl2N3O2. The number of halogens is 2. The standard InChI is InChI=1S/C33H37Cl2N3O2/c34-30-11-10-28(20-31(30)35)33(14-15-36-22-29(23-36)37-16-18-40-19-17-37)13-12-32(39)38(24-33)21-25-6-8-27(9-7-25)26-4-2-1-3-5-26/h1-11,20,29H,12-19,21-24H2. The molecule has 0 spiro atoms. The number of hydrogen-bond acceptors (Lipinski definition) is 4. The van der Waals surface area contributed by atoms with Crippen molar-refractivity contribution in [1.29, 1.82) is 0 Å². The van der Waals surface area contributed by atoms with Crippen LogP contribution in [0.5, 0.6) is 0 Å². The SMILES string of the molecule is O=C1CCC(CCN2CC(N3CCOCC3)C2)(c2ccc(Cl)c(Cl)c2)CN1Cc1ccc(-c2ccccc2)cc1. The van der Waals surface area contributed by atoms with Crippen LogP contribution in [-0.2, 0) is 21.5 Å². The van der Waals surface area contributed by atoms with Gasteiger partial charge in [0.05, 0.1) is 23.3 Å². The number of piperidine rings is 1. The largest absolute Gasteiger partial charge is 0.379 e. The molecule has 3 fully saturated rings. The Hall–Kier alpha value is -2.41. The van der Waals surface area contributed by atoms with E-state index in [2.05, 4.69) is 69.3 Å². The van der Waals surface area contributed by atoms with E-state index in [0.29, 0.717) is 35.6 Å². The lowest BCUT2D eigenvalue weighted by molar-refractivity contribution is -0.136. The molecule has 0 aliphatic carbocycles. The van der Waals surface area contributed by atoms with E-state index in [9.17, 15) is 4.79 Å². The zero-order valence-corrected chi connectivity index (χ0v) is 24.4. The zero-order chi connectivity index (χ0) is 27.5. The maximum atomic E-state index is 13.2. The summed E-state index contributed by atoms with van der Waals surface area (Å²) >= 11 is 12.8. The molecule has 3 heterocycles. The van der Waals surface area contributed by atoms with E-state index in [0.717, 1.165) is 64.3 Å². The molecule has 1 atom stereocenters. The van der Waals surface area contributed by atoms with Gasteiger partial charge in [-0.15, -0.1) is 0 Å². The van der Waals surface area contributed by atoms with Crippen LogP contribution in [0.1, 0.15) is 30.4 Å². The Kier molecular flexibility index (Phi) is 8.47. The van der Waals surface area contributed by atoms with Gasteiger partial charge < -0.3 is 14.5 Å². The quantitative estimate of drug-likeness (QED) is 0.323. The van der Waals surface area contributed by atoms with Crippen molar-refractivity contribution < 1.29 is 9.53 Å². The molecule has 5 nitrogen and oxygen atoms in total. The molecule has 3 saturated heterocycles. The number of carbonyl (C=O) groups is 1. The summed E-state index contributed by atoms with van der Waals surface area (Å²) in [4.78, 5) is 20.4. The maximum absolute atomic E-state index is 13.2. The topological polar surface area (TPSA) is 36.0 Å². The second-order valence-electron chi connectivity index (χ2n) is 11.5. The molecular weight excluding hydrogens is 541 g/mol. The third kappa shape index (κ3) is 6.09. The molecule has 3 aliphatic rings. The first-order valence-corrected chi connectivity index (χ1v) is 15.2. The lowest BCUT2D eigenvalue weighted by Gasteiger charge is -2.49. The van der Waals surface area contributed by atoms with Gasteiger partial charge >= 0.3 is 0 Å². The summed E-state index contributed by atoms with van der Waals surface area (Å²) in [5.74, 6) is 0.221. The Morgan fingerprint density at radius 3 is 2.33 bits per heavy atom. The van der Waals surface area contributed by atoms with Crippen molar-refractivity contribution in [2.24, 2.45) is 0 Å². The summed E-state index contributed by atoms with van der Waals surface area (Å²) in [6, 6.07) is 25.7. The number of nitrogens with zero attached hydrogens (tertiary/aromatic N) is 3. The fraction of sp³-hybridized carbons (Fsp3) is 0.424. The first-order valence-electron chi connectivity index (χ1n) is 14.4. The van der Waals surface area contributed by atoms with Crippen LogP contribution in [0, 0.1) is 0 Å². The van der Waals surface area contributed by atoms with Crippen LogP contribution < -0.4 is 0 Å². The van der Waals surface area contributed by atoms with Crippen molar-refractivity contribution in [3.8, 4) is 11.1 Å². The summed E-state index contributed by atoms with van der Waals surface area (Å²) in [6.45, 7) is 8.27. The molecule has 210 valence electrons. The Bertz CT molecular complexity index is 1310. The van der Waals surface area contributed by atoms with Gasteiger partial charge in [0, 0.05) is 57.1 Å². The van der Waals surface area contributed by atoms with Gasteiger partial charge in [0.15, 0.2) is 0 Å². The van der Waals surface area contributed by atoms with Crippen molar-refractivity contribution in [2.45, 2.75) is 37.3 Å². The predicted molar refractivity (Wildman–Crippen MR) is 162 cm³/mol. The lowest BCUT2D eigenvalue weighted by Crippen LogP contribution is -2.62. The van der Waals surface area contributed by atoms with E-state index in [-0.39, 0.29) is 11.3 Å². The lowest BCUT2D eigenvalue weighted by atomic mass is 9.71. The predicted octanol–water partition coefficient (Wildman–Crippen LogP) is 6.13. The molecule has 0 N–H and O–H groups in total. The molecule has 1 amide bonds. The number of rotatable bonds is 8. The van der Waals surface area contributed by atoms with Crippen molar-refractivity contribution >= 4 is 29.1 Å². The van der Waals surface area contributed by atoms with Crippen molar-refractivity contribution in [2.75, 3.05) is 52.5 Å². The minimum Gasteiger partial charge on any atom is -0.379 e. The van der Waals surface area contributed by atoms with Gasteiger partial charge in [0.25, 0.3) is 0 Å². The first-order chi connectivity index (χ1) is 19.5. The van der Waals surface area contributed by atoms with Crippen LogP contribution in [0.3, 0.4) is 0 Å². The van der Waals surface area contributed by atoms with Crippen molar-refractivity contribution in [3.05, 3.63) is 94.0 Å². The van der Waals surface area contributed by atoms with E-state index in [1.54, 1.807) is 0 Å². The number of hydrogen-bond donors (Lipinski definition) is 0. The fourth-order valence-corrected chi connectivity index (χ4v) is 6.81. The van der Waals surface area contributed by atoms with Crippen LogP contribution in [0.4, 0.5) is 0 Å². The number of ether oxygens (including phenoxy) is 1. The molecule has 3 aliphatic heterocycles. The van der Waals surface area contributed by atoms with E-state index in [1.807, 2.05) is 18.2 Å². The Morgan fingerprint density at radius 1 is 0.875 bits per heavy atom. The van der Waals surface area contributed by atoms with Crippen LogP contribution in [0.2, 0.25) is 10.0 Å². The number of amides is 1. The summed E-state index contributed by atoms with van der Waals surface area (Å²) < 4.78 is 5.53. The monoisotopic (exact) mass is 577 g/mol. The van der Waals surface area contributed by atoms with E-state index >= 15 is 0 Å². The molecule has 3 aromatic rings. The third-order valence-electron chi connectivity index (χ3n) is 9.04. The van der Waals surface area contributed by atoms with Gasteiger partial charge in [-0.25, -0.2) is 0 Å².